The van der Waals surface area contributed by atoms with Crippen LogP contribution in [0, 0.1) is 5.82 Å². The Labute approximate surface area is 158 Å². The Morgan fingerprint density at radius 1 is 1.35 bits per heavy atom. The summed E-state index contributed by atoms with van der Waals surface area (Å²) in [5.41, 5.74) is -0.0238. The number of hydrogen-bond acceptors (Lipinski definition) is 5. The van der Waals surface area contributed by atoms with Crippen LogP contribution in [0.3, 0.4) is 0 Å². The van der Waals surface area contributed by atoms with Crippen molar-refractivity contribution in [3.05, 3.63) is 34.2 Å². The van der Waals surface area contributed by atoms with Crippen LogP contribution < -0.4 is 4.74 Å². The molecular weight excluding hydrogens is 382 g/mol. The molecule has 2 aromatic heterocycles. The molecule has 0 saturated heterocycles. The van der Waals surface area contributed by atoms with Crippen molar-refractivity contribution in [1.29, 1.82) is 0 Å². The molecule has 4 rings (SSSR count). The van der Waals surface area contributed by atoms with Gasteiger partial charge < -0.3 is 14.4 Å². The summed E-state index contributed by atoms with van der Waals surface area (Å²) in [5.74, 6) is 0.207. The molecule has 0 saturated carbocycles. The minimum Gasteiger partial charge on any atom is -0.488 e. The van der Waals surface area contributed by atoms with Gasteiger partial charge in [0, 0.05) is 5.56 Å². The molecule has 0 aliphatic carbocycles. The molecule has 136 valence electrons. The lowest BCUT2D eigenvalue weighted by Gasteiger charge is -2.28. The number of halogens is 3. The minimum atomic E-state index is -1.25. The van der Waals surface area contributed by atoms with Gasteiger partial charge >= 0.3 is 0 Å². The van der Waals surface area contributed by atoms with Gasteiger partial charge in [-0.3, -0.25) is 0 Å². The fourth-order valence-electron chi connectivity index (χ4n) is 3.20. The second kappa shape index (κ2) is 5.77. The molecule has 1 N–H and O–H groups in total. The van der Waals surface area contributed by atoms with Crippen molar-refractivity contribution in [2.45, 2.75) is 32.4 Å². The minimum absolute atomic E-state index is 0.00743. The van der Waals surface area contributed by atoms with Gasteiger partial charge in [-0.1, -0.05) is 11.6 Å². The van der Waals surface area contributed by atoms with Crippen LogP contribution in [-0.4, -0.2) is 31.2 Å². The Bertz CT molecular complexity index is 1050. The maximum Gasteiger partial charge on any atom is 0.222 e. The quantitative estimate of drug-likeness (QED) is 0.659. The summed E-state index contributed by atoms with van der Waals surface area (Å²) < 4.78 is 22.6. The lowest BCUT2D eigenvalue weighted by atomic mass is 10.1. The molecule has 6 nitrogen and oxygen atoms in total. The van der Waals surface area contributed by atoms with Crippen LogP contribution in [0.15, 0.2) is 12.3 Å². The highest BCUT2D eigenvalue weighted by Crippen LogP contribution is 2.45. The molecule has 1 aromatic carbocycles. The van der Waals surface area contributed by atoms with Crippen LogP contribution in [-0.2, 0) is 5.60 Å². The maximum atomic E-state index is 14.9. The number of aromatic nitrogens is 4. The SMILES string of the molecule is C[C@@H]1COc2c(-c3nc(Cl)ncc3Cl)cc(F)c3nc(C(C)(C)O)n1c23. The van der Waals surface area contributed by atoms with E-state index in [1.54, 1.807) is 18.4 Å². The van der Waals surface area contributed by atoms with Crippen molar-refractivity contribution in [3.8, 4) is 17.0 Å². The molecule has 1 atom stereocenters. The van der Waals surface area contributed by atoms with E-state index in [2.05, 4.69) is 15.0 Å². The molecular formula is C17H15Cl2FN4O2. The Hall–Kier alpha value is -1.96. The summed E-state index contributed by atoms with van der Waals surface area (Å²) in [6.07, 6.45) is 1.35. The van der Waals surface area contributed by atoms with Gasteiger partial charge in [-0.25, -0.2) is 19.3 Å². The van der Waals surface area contributed by atoms with Gasteiger partial charge in [-0.15, -0.1) is 0 Å². The molecule has 0 bridgehead atoms. The maximum absolute atomic E-state index is 14.9. The largest absolute Gasteiger partial charge is 0.488 e. The van der Waals surface area contributed by atoms with E-state index in [0.717, 1.165) is 0 Å². The Balaban J connectivity index is 2.12. The normalized spacial score (nSPS) is 16.8. The topological polar surface area (TPSA) is 73.1 Å². The highest BCUT2D eigenvalue weighted by atomic mass is 35.5. The number of aliphatic hydroxyl groups is 1. The summed E-state index contributed by atoms with van der Waals surface area (Å²) in [6.45, 7) is 5.47. The third kappa shape index (κ3) is 2.53. The van der Waals surface area contributed by atoms with Crippen molar-refractivity contribution < 1.29 is 14.2 Å². The summed E-state index contributed by atoms with van der Waals surface area (Å²) in [7, 11) is 0. The third-order valence-electron chi connectivity index (χ3n) is 4.29. The standard InChI is InChI=1S/C17H15Cl2FN4O2/c1-7-6-26-14-8(11-9(18)5-21-16(19)23-11)4-10(20)12-13(14)24(7)15(22-12)17(2,3)25/h4-5,7,25H,6H2,1-3H3/t7-/m1/s1. The van der Waals surface area contributed by atoms with Gasteiger partial charge in [-0.05, 0) is 38.4 Å². The second-order valence-corrected chi connectivity index (χ2v) is 7.54. The molecule has 3 aromatic rings. The van der Waals surface area contributed by atoms with E-state index in [-0.39, 0.29) is 27.6 Å². The van der Waals surface area contributed by atoms with E-state index in [1.807, 2.05) is 6.92 Å². The number of imidazole rings is 1. The van der Waals surface area contributed by atoms with Crippen LogP contribution in [0.4, 0.5) is 4.39 Å². The predicted molar refractivity (Wildman–Crippen MR) is 96.2 cm³/mol. The molecule has 0 amide bonds. The van der Waals surface area contributed by atoms with E-state index in [9.17, 15) is 9.50 Å². The summed E-state index contributed by atoms with van der Waals surface area (Å²) in [5, 5.41) is 10.7. The first-order valence-electron chi connectivity index (χ1n) is 7.97. The van der Waals surface area contributed by atoms with Crippen molar-refractivity contribution in [3.63, 3.8) is 0 Å². The molecule has 9 heteroatoms. The van der Waals surface area contributed by atoms with Crippen molar-refractivity contribution in [2.75, 3.05) is 6.61 Å². The first kappa shape index (κ1) is 17.5. The molecule has 3 heterocycles. The van der Waals surface area contributed by atoms with E-state index >= 15 is 0 Å². The van der Waals surface area contributed by atoms with Gasteiger partial charge in [0.2, 0.25) is 5.28 Å². The highest BCUT2D eigenvalue weighted by Gasteiger charge is 2.34. The molecule has 0 spiro atoms. The second-order valence-electron chi connectivity index (χ2n) is 6.79. The van der Waals surface area contributed by atoms with Crippen molar-refractivity contribution in [2.24, 2.45) is 0 Å². The molecule has 0 unspecified atom stereocenters. The first-order chi connectivity index (χ1) is 12.2. The Kier molecular flexibility index (Phi) is 3.87. The number of nitrogens with zero attached hydrogens (tertiary/aromatic N) is 4. The van der Waals surface area contributed by atoms with E-state index in [0.29, 0.717) is 29.3 Å². The van der Waals surface area contributed by atoms with Crippen LogP contribution in [0.25, 0.3) is 22.3 Å². The zero-order valence-corrected chi connectivity index (χ0v) is 15.7. The zero-order chi connectivity index (χ0) is 18.8. The summed E-state index contributed by atoms with van der Waals surface area (Å²) >= 11 is 12.1. The zero-order valence-electron chi connectivity index (χ0n) is 14.2. The average molecular weight is 397 g/mol. The van der Waals surface area contributed by atoms with Crippen LogP contribution >= 0.6 is 23.2 Å². The van der Waals surface area contributed by atoms with Gasteiger partial charge in [0.1, 0.15) is 29.1 Å². The molecule has 1 aliphatic heterocycles. The lowest BCUT2D eigenvalue weighted by molar-refractivity contribution is 0.0616. The van der Waals surface area contributed by atoms with Crippen LogP contribution in [0.1, 0.15) is 32.6 Å². The molecule has 0 radical (unpaired) electrons. The van der Waals surface area contributed by atoms with Gasteiger partial charge in [0.15, 0.2) is 11.6 Å². The van der Waals surface area contributed by atoms with Crippen molar-refractivity contribution in [1.82, 2.24) is 19.5 Å². The van der Waals surface area contributed by atoms with Gasteiger partial charge in [-0.2, -0.15) is 0 Å². The Morgan fingerprint density at radius 3 is 2.77 bits per heavy atom. The number of ether oxygens (including phenoxy) is 1. The smallest absolute Gasteiger partial charge is 0.222 e. The monoisotopic (exact) mass is 396 g/mol. The lowest BCUT2D eigenvalue weighted by Crippen LogP contribution is -2.28. The third-order valence-corrected chi connectivity index (χ3v) is 4.75. The van der Waals surface area contributed by atoms with E-state index < -0.39 is 11.4 Å². The summed E-state index contributed by atoms with van der Waals surface area (Å²) in [6, 6.07) is 1.14. The van der Waals surface area contributed by atoms with Crippen LogP contribution in [0.2, 0.25) is 10.3 Å². The van der Waals surface area contributed by atoms with E-state index in [1.165, 1.54) is 12.3 Å². The molecule has 26 heavy (non-hydrogen) atoms. The van der Waals surface area contributed by atoms with Crippen LogP contribution in [0.5, 0.6) is 5.75 Å². The fraction of sp³-hybridized carbons (Fsp3) is 0.353. The molecule has 0 fully saturated rings. The number of rotatable bonds is 2. The number of benzene rings is 1. The summed E-state index contributed by atoms with van der Waals surface area (Å²) in [4.78, 5) is 12.3. The van der Waals surface area contributed by atoms with Gasteiger partial charge in [0.25, 0.3) is 0 Å². The van der Waals surface area contributed by atoms with Crippen molar-refractivity contribution >= 4 is 34.2 Å². The predicted octanol–water partition coefficient (Wildman–Crippen LogP) is 4.12. The molecule has 1 aliphatic rings. The first-order valence-corrected chi connectivity index (χ1v) is 8.72. The van der Waals surface area contributed by atoms with Gasteiger partial charge in [0.05, 0.1) is 23.0 Å². The highest BCUT2D eigenvalue weighted by molar-refractivity contribution is 6.33. The number of hydrogen-bond donors (Lipinski definition) is 1. The Morgan fingerprint density at radius 2 is 2.08 bits per heavy atom. The van der Waals surface area contributed by atoms with E-state index in [4.69, 9.17) is 27.9 Å². The fourth-order valence-corrected chi connectivity index (χ4v) is 3.53. The average Bonchev–Trinajstić information content (AvgIpc) is 2.98.